The lowest BCUT2D eigenvalue weighted by Crippen LogP contribution is -2.36. The lowest BCUT2D eigenvalue weighted by atomic mass is 9.93. The summed E-state index contributed by atoms with van der Waals surface area (Å²) in [6.07, 6.45) is 12.0. The molecule has 0 spiro atoms. The first kappa shape index (κ1) is 24.3. The van der Waals surface area contributed by atoms with E-state index < -0.39 is 0 Å². The number of aliphatic imine (C=N–C) groups is 1. The fourth-order valence-electron chi connectivity index (χ4n) is 5.01. The van der Waals surface area contributed by atoms with Crippen molar-refractivity contribution in [2.75, 3.05) is 0 Å². The fraction of sp³-hybridized carbons (Fsp3) is 0.367. The molecule has 5 nitrogen and oxygen atoms in total. The van der Waals surface area contributed by atoms with E-state index in [0.29, 0.717) is 18.2 Å². The predicted octanol–water partition coefficient (Wildman–Crippen LogP) is 6.89. The number of benzene rings is 2. The van der Waals surface area contributed by atoms with Crippen molar-refractivity contribution in [3.63, 3.8) is 0 Å². The van der Waals surface area contributed by atoms with Crippen molar-refractivity contribution in [3.05, 3.63) is 81.2 Å². The topological polar surface area (TPSA) is 74.5 Å². The van der Waals surface area contributed by atoms with E-state index in [0.717, 1.165) is 59.5 Å². The molecule has 0 saturated heterocycles. The van der Waals surface area contributed by atoms with Crippen LogP contribution in [0.25, 0.3) is 0 Å². The van der Waals surface area contributed by atoms with Crippen molar-refractivity contribution in [2.45, 2.75) is 70.4 Å². The minimum Gasteiger partial charge on any atom is -0.489 e. The van der Waals surface area contributed by atoms with Crippen LogP contribution in [0, 0.1) is 11.3 Å². The van der Waals surface area contributed by atoms with Crippen molar-refractivity contribution in [1.29, 1.82) is 5.26 Å². The number of amides is 1. The first-order valence-corrected chi connectivity index (χ1v) is 13.7. The van der Waals surface area contributed by atoms with Gasteiger partial charge in [-0.15, -0.1) is 11.3 Å². The van der Waals surface area contributed by atoms with E-state index in [1.165, 1.54) is 36.1 Å². The number of nitrogens with zero attached hydrogens (tertiary/aromatic N) is 2. The van der Waals surface area contributed by atoms with Crippen molar-refractivity contribution >= 4 is 28.5 Å². The van der Waals surface area contributed by atoms with E-state index >= 15 is 0 Å². The largest absolute Gasteiger partial charge is 0.489 e. The summed E-state index contributed by atoms with van der Waals surface area (Å²) in [6, 6.07) is 17.6. The SMILES string of the molecule is N#Cc1ccc(COc2ccc(C=Nc3sc4c(c3C(=O)NC3CCCCC3)CCCC4)cc2)cc1. The Balaban J connectivity index is 1.27. The molecule has 3 aromatic rings. The number of carbonyl (C=O) groups is 1. The Labute approximate surface area is 216 Å². The second-order valence-corrected chi connectivity index (χ2v) is 10.7. The third-order valence-corrected chi connectivity index (χ3v) is 8.22. The van der Waals surface area contributed by atoms with Gasteiger partial charge in [0.25, 0.3) is 5.91 Å². The van der Waals surface area contributed by atoms with Gasteiger partial charge in [0.15, 0.2) is 0 Å². The number of nitrogens with one attached hydrogen (secondary N) is 1. The summed E-state index contributed by atoms with van der Waals surface area (Å²) in [6.45, 7) is 0.444. The van der Waals surface area contributed by atoms with Crippen molar-refractivity contribution < 1.29 is 9.53 Å². The van der Waals surface area contributed by atoms with E-state index in [1.54, 1.807) is 23.5 Å². The number of carbonyl (C=O) groups excluding carboxylic acids is 1. The number of nitriles is 1. The highest BCUT2D eigenvalue weighted by atomic mass is 32.1. The van der Waals surface area contributed by atoms with Crippen LogP contribution in [0.5, 0.6) is 5.75 Å². The molecule has 0 bridgehead atoms. The van der Waals surface area contributed by atoms with Crippen LogP contribution in [0.3, 0.4) is 0 Å². The average molecular weight is 498 g/mol. The molecule has 1 aromatic heterocycles. The maximum atomic E-state index is 13.3. The number of fused-ring (bicyclic) bond motifs is 1. The van der Waals surface area contributed by atoms with Crippen molar-refractivity contribution in [2.24, 2.45) is 4.99 Å². The van der Waals surface area contributed by atoms with Crippen LogP contribution in [0.2, 0.25) is 0 Å². The van der Waals surface area contributed by atoms with Gasteiger partial charge in [-0.05, 0) is 91.6 Å². The van der Waals surface area contributed by atoms with Gasteiger partial charge in [-0.25, -0.2) is 4.99 Å². The van der Waals surface area contributed by atoms with Gasteiger partial charge in [-0.2, -0.15) is 5.26 Å². The molecule has 2 aromatic carbocycles. The van der Waals surface area contributed by atoms with E-state index in [-0.39, 0.29) is 5.91 Å². The Morgan fingerprint density at radius 1 is 1.03 bits per heavy atom. The third-order valence-electron chi connectivity index (χ3n) is 7.02. The lowest BCUT2D eigenvalue weighted by Gasteiger charge is -2.23. The summed E-state index contributed by atoms with van der Waals surface area (Å²) in [5.74, 6) is 0.829. The molecule has 6 heteroatoms. The summed E-state index contributed by atoms with van der Waals surface area (Å²) < 4.78 is 5.88. The van der Waals surface area contributed by atoms with Gasteiger partial charge in [0.05, 0.1) is 17.2 Å². The first-order chi connectivity index (χ1) is 17.7. The minimum absolute atomic E-state index is 0.0556. The molecule has 0 atom stereocenters. The van der Waals surface area contributed by atoms with E-state index in [1.807, 2.05) is 42.6 Å². The van der Waals surface area contributed by atoms with Gasteiger partial charge in [-0.1, -0.05) is 31.4 Å². The predicted molar refractivity (Wildman–Crippen MR) is 144 cm³/mol. The van der Waals surface area contributed by atoms with Gasteiger partial charge in [0.2, 0.25) is 0 Å². The molecule has 36 heavy (non-hydrogen) atoms. The smallest absolute Gasteiger partial charge is 0.254 e. The maximum Gasteiger partial charge on any atom is 0.254 e. The van der Waals surface area contributed by atoms with Crippen molar-refractivity contribution in [3.8, 4) is 11.8 Å². The normalized spacial score (nSPS) is 15.9. The zero-order chi connectivity index (χ0) is 24.7. The molecule has 1 saturated carbocycles. The summed E-state index contributed by atoms with van der Waals surface area (Å²) in [4.78, 5) is 19.5. The fourth-order valence-corrected chi connectivity index (χ4v) is 6.24. The lowest BCUT2D eigenvalue weighted by molar-refractivity contribution is 0.0927. The van der Waals surface area contributed by atoms with Crippen LogP contribution in [-0.4, -0.2) is 18.2 Å². The zero-order valence-corrected chi connectivity index (χ0v) is 21.3. The number of hydrogen-bond donors (Lipinski definition) is 1. The average Bonchev–Trinajstić information content (AvgIpc) is 3.31. The van der Waals surface area contributed by atoms with Gasteiger partial charge in [0, 0.05) is 17.1 Å². The zero-order valence-electron chi connectivity index (χ0n) is 20.5. The van der Waals surface area contributed by atoms with E-state index in [4.69, 9.17) is 15.0 Å². The quantitative estimate of drug-likeness (QED) is 0.361. The number of hydrogen-bond acceptors (Lipinski definition) is 5. The van der Waals surface area contributed by atoms with Gasteiger partial charge in [-0.3, -0.25) is 4.79 Å². The van der Waals surface area contributed by atoms with E-state index in [9.17, 15) is 4.79 Å². The molecule has 1 N–H and O–H groups in total. The molecule has 1 fully saturated rings. The van der Waals surface area contributed by atoms with Gasteiger partial charge < -0.3 is 10.1 Å². The summed E-state index contributed by atoms with van der Waals surface area (Å²) >= 11 is 1.68. The van der Waals surface area contributed by atoms with Gasteiger partial charge >= 0.3 is 0 Å². The van der Waals surface area contributed by atoms with Crippen LogP contribution in [0.15, 0.2) is 53.5 Å². The van der Waals surface area contributed by atoms with Gasteiger partial charge in [0.1, 0.15) is 17.4 Å². The molecule has 0 unspecified atom stereocenters. The number of thiophene rings is 1. The highest BCUT2D eigenvalue weighted by molar-refractivity contribution is 7.16. The van der Waals surface area contributed by atoms with Crippen LogP contribution < -0.4 is 10.1 Å². The Morgan fingerprint density at radius 3 is 2.53 bits per heavy atom. The Kier molecular flexibility index (Phi) is 7.78. The van der Waals surface area contributed by atoms with Crippen molar-refractivity contribution in [1.82, 2.24) is 5.32 Å². The minimum atomic E-state index is 0.0556. The van der Waals surface area contributed by atoms with Crippen LogP contribution in [0.4, 0.5) is 5.00 Å². The molecular weight excluding hydrogens is 466 g/mol. The standard InChI is InChI=1S/C30H31N3O2S/c31-18-21-10-12-23(13-11-21)20-35-25-16-14-22(15-17-25)19-32-30-28(26-8-4-5-9-27(26)36-30)29(34)33-24-6-2-1-3-7-24/h10-17,19,24H,1-9,20H2,(H,33,34). The maximum absolute atomic E-state index is 13.3. The molecule has 184 valence electrons. The molecule has 0 radical (unpaired) electrons. The molecule has 2 aliphatic rings. The number of aryl methyl sites for hydroxylation is 1. The molecule has 5 rings (SSSR count). The second kappa shape index (κ2) is 11.5. The molecule has 0 aliphatic heterocycles. The van der Waals surface area contributed by atoms with Crippen LogP contribution >= 0.6 is 11.3 Å². The summed E-state index contributed by atoms with van der Waals surface area (Å²) in [7, 11) is 0. The summed E-state index contributed by atoms with van der Waals surface area (Å²) in [5.41, 5.74) is 4.65. The molecule has 1 heterocycles. The molecular formula is C30H31N3O2S. The Morgan fingerprint density at radius 2 is 1.78 bits per heavy atom. The highest BCUT2D eigenvalue weighted by Crippen LogP contribution is 2.40. The van der Waals surface area contributed by atoms with E-state index in [2.05, 4.69) is 11.4 Å². The Bertz CT molecular complexity index is 1260. The number of rotatable bonds is 7. The van der Waals surface area contributed by atoms with Crippen LogP contribution in [-0.2, 0) is 19.4 Å². The Hall–Kier alpha value is -3.43. The highest BCUT2D eigenvalue weighted by Gasteiger charge is 2.27. The monoisotopic (exact) mass is 497 g/mol. The second-order valence-electron chi connectivity index (χ2n) is 9.62. The summed E-state index contributed by atoms with van der Waals surface area (Å²) in [5, 5.41) is 13.1. The number of ether oxygens (including phenoxy) is 1. The van der Waals surface area contributed by atoms with Crippen LogP contribution in [0.1, 0.15) is 82.4 Å². The first-order valence-electron chi connectivity index (χ1n) is 12.9. The molecule has 1 amide bonds. The third kappa shape index (κ3) is 5.85. The molecule has 2 aliphatic carbocycles.